The van der Waals surface area contributed by atoms with E-state index >= 15 is 0 Å². The van der Waals surface area contributed by atoms with Gasteiger partial charge in [-0.15, -0.1) is 0 Å². The maximum atomic E-state index is 12.1. The van der Waals surface area contributed by atoms with Crippen LogP contribution in [0.2, 0.25) is 0 Å². The van der Waals surface area contributed by atoms with Crippen molar-refractivity contribution >= 4 is 27.5 Å². The third-order valence-electron chi connectivity index (χ3n) is 2.69. The number of benzene rings is 1. The van der Waals surface area contributed by atoms with E-state index in [-0.39, 0.29) is 4.75 Å². The summed E-state index contributed by atoms with van der Waals surface area (Å²) < 4.78 is 26.6. The number of rotatable bonds is 6. The fourth-order valence-corrected chi connectivity index (χ4v) is 2.74. The maximum Gasteiger partial charge on any atom is 0.240 e. The van der Waals surface area contributed by atoms with E-state index in [0.717, 1.165) is 5.69 Å². The highest BCUT2D eigenvalue weighted by atomic mass is 32.2. The molecule has 0 aliphatic rings. The Bertz CT molecular complexity index is 481. The Morgan fingerprint density at radius 2 is 1.78 bits per heavy atom. The molecule has 18 heavy (non-hydrogen) atoms. The maximum absolute atomic E-state index is 12.1. The highest BCUT2D eigenvalue weighted by molar-refractivity contribution is 8.00. The molecule has 2 N–H and O–H groups in total. The van der Waals surface area contributed by atoms with Gasteiger partial charge in [-0.1, -0.05) is 0 Å². The standard InChI is InChI=1S/C12H20N2O2S2/c1-12(2,17-4)9-14-18(15,16)11-7-5-10(13-3)6-8-11/h5-8,13-14H,9H2,1-4H3. The fourth-order valence-electron chi connectivity index (χ4n) is 1.23. The molecule has 1 aromatic carbocycles. The van der Waals surface area contributed by atoms with Crippen LogP contribution in [0.1, 0.15) is 13.8 Å². The van der Waals surface area contributed by atoms with Crippen LogP contribution in [0.4, 0.5) is 5.69 Å². The Kier molecular flexibility index (Phi) is 5.07. The summed E-state index contributed by atoms with van der Waals surface area (Å²) in [6.07, 6.45) is 1.97. The monoisotopic (exact) mass is 288 g/mol. The second-order valence-electron chi connectivity index (χ2n) is 4.56. The average Bonchev–Trinajstić information content (AvgIpc) is 2.37. The molecule has 0 bridgehead atoms. The molecule has 0 unspecified atom stereocenters. The van der Waals surface area contributed by atoms with Crippen molar-refractivity contribution in [3.63, 3.8) is 0 Å². The first-order chi connectivity index (χ1) is 8.30. The van der Waals surface area contributed by atoms with Gasteiger partial charge in [-0.25, -0.2) is 13.1 Å². The Morgan fingerprint density at radius 1 is 1.22 bits per heavy atom. The van der Waals surface area contributed by atoms with E-state index in [2.05, 4.69) is 10.0 Å². The van der Waals surface area contributed by atoms with Crippen LogP contribution in [0.25, 0.3) is 0 Å². The Hall–Kier alpha value is -0.720. The lowest BCUT2D eigenvalue weighted by Crippen LogP contribution is -2.36. The van der Waals surface area contributed by atoms with Crippen molar-refractivity contribution < 1.29 is 8.42 Å². The van der Waals surface area contributed by atoms with Crippen molar-refractivity contribution in [3.8, 4) is 0 Å². The Balaban J connectivity index is 2.80. The minimum Gasteiger partial charge on any atom is -0.388 e. The smallest absolute Gasteiger partial charge is 0.240 e. The molecule has 1 aromatic rings. The molecule has 0 aliphatic heterocycles. The predicted molar refractivity (Wildman–Crippen MR) is 78.8 cm³/mol. The van der Waals surface area contributed by atoms with Gasteiger partial charge in [0.1, 0.15) is 0 Å². The lowest BCUT2D eigenvalue weighted by molar-refractivity contribution is 0.571. The number of anilines is 1. The molecule has 0 saturated heterocycles. The SMILES string of the molecule is CNc1ccc(S(=O)(=O)NCC(C)(C)SC)cc1. The van der Waals surface area contributed by atoms with Crippen LogP contribution in [0.5, 0.6) is 0 Å². The molecule has 0 fully saturated rings. The topological polar surface area (TPSA) is 58.2 Å². The zero-order valence-electron chi connectivity index (χ0n) is 11.1. The normalized spacial score (nSPS) is 12.4. The molecule has 0 aromatic heterocycles. The van der Waals surface area contributed by atoms with Crippen LogP contribution in [-0.2, 0) is 10.0 Å². The lowest BCUT2D eigenvalue weighted by atomic mass is 10.2. The van der Waals surface area contributed by atoms with Crippen LogP contribution in [0.3, 0.4) is 0 Å². The Morgan fingerprint density at radius 3 is 2.22 bits per heavy atom. The molecular formula is C12H20N2O2S2. The summed E-state index contributed by atoms with van der Waals surface area (Å²) in [4.78, 5) is 0.290. The summed E-state index contributed by atoms with van der Waals surface area (Å²) in [5.74, 6) is 0. The molecule has 102 valence electrons. The van der Waals surface area contributed by atoms with Gasteiger partial charge in [0.25, 0.3) is 0 Å². The second-order valence-corrected chi connectivity index (χ2v) is 7.84. The van der Waals surface area contributed by atoms with Crippen LogP contribution in [0, 0.1) is 0 Å². The van der Waals surface area contributed by atoms with E-state index in [0.29, 0.717) is 11.4 Å². The molecular weight excluding hydrogens is 268 g/mol. The highest BCUT2D eigenvalue weighted by Crippen LogP contribution is 2.21. The van der Waals surface area contributed by atoms with Gasteiger partial charge < -0.3 is 5.32 Å². The summed E-state index contributed by atoms with van der Waals surface area (Å²) in [6, 6.07) is 6.68. The van der Waals surface area contributed by atoms with Crippen LogP contribution >= 0.6 is 11.8 Å². The first-order valence-electron chi connectivity index (χ1n) is 5.63. The van der Waals surface area contributed by atoms with Gasteiger partial charge in [-0.3, -0.25) is 0 Å². The number of hydrogen-bond donors (Lipinski definition) is 2. The van der Waals surface area contributed by atoms with E-state index in [9.17, 15) is 8.42 Å². The van der Waals surface area contributed by atoms with E-state index in [4.69, 9.17) is 0 Å². The number of nitrogens with one attached hydrogen (secondary N) is 2. The number of sulfonamides is 1. The van der Waals surface area contributed by atoms with Gasteiger partial charge in [-0.2, -0.15) is 11.8 Å². The molecule has 0 radical (unpaired) electrons. The van der Waals surface area contributed by atoms with Gasteiger partial charge in [0.2, 0.25) is 10.0 Å². The third kappa shape index (κ3) is 4.19. The summed E-state index contributed by atoms with van der Waals surface area (Å²) in [5.41, 5.74) is 0.887. The van der Waals surface area contributed by atoms with Crippen LogP contribution < -0.4 is 10.0 Å². The van der Waals surface area contributed by atoms with Crippen molar-refractivity contribution in [2.24, 2.45) is 0 Å². The molecule has 0 aliphatic carbocycles. The van der Waals surface area contributed by atoms with Gasteiger partial charge in [-0.05, 0) is 44.4 Å². The predicted octanol–water partition coefficient (Wildman–Crippen LogP) is 2.15. The van der Waals surface area contributed by atoms with E-state index < -0.39 is 10.0 Å². The average molecular weight is 288 g/mol. The van der Waals surface area contributed by atoms with Crippen molar-refractivity contribution in [1.82, 2.24) is 4.72 Å². The van der Waals surface area contributed by atoms with E-state index in [1.165, 1.54) is 0 Å². The first-order valence-corrected chi connectivity index (χ1v) is 8.34. The van der Waals surface area contributed by atoms with Crippen LogP contribution in [0.15, 0.2) is 29.2 Å². The summed E-state index contributed by atoms with van der Waals surface area (Å²) in [5, 5.41) is 2.95. The zero-order valence-corrected chi connectivity index (χ0v) is 12.8. The van der Waals surface area contributed by atoms with Crippen molar-refractivity contribution in [3.05, 3.63) is 24.3 Å². The Labute approximate surface area is 114 Å². The second kappa shape index (κ2) is 5.95. The molecule has 0 saturated carbocycles. The van der Waals surface area contributed by atoms with E-state index in [1.54, 1.807) is 43.1 Å². The number of hydrogen-bond acceptors (Lipinski definition) is 4. The minimum absolute atomic E-state index is 0.113. The molecule has 0 heterocycles. The lowest BCUT2D eigenvalue weighted by Gasteiger charge is -2.22. The van der Waals surface area contributed by atoms with Gasteiger partial charge in [0.05, 0.1) is 4.90 Å². The molecule has 6 heteroatoms. The molecule has 1 rings (SSSR count). The largest absolute Gasteiger partial charge is 0.388 e. The quantitative estimate of drug-likeness (QED) is 0.842. The highest BCUT2D eigenvalue weighted by Gasteiger charge is 2.21. The summed E-state index contributed by atoms with van der Waals surface area (Å²) in [7, 11) is -1.63. The molecule has 0 atom stereocenters. The van der Waals surface area contributed by atoms with Crippen molar-refractivity contribution in [1.29, 1.82) is 0 Å². The molecule has 4 nitrogen and oxygen atoms in total. The third-order valence-corrected chi connectivity index (χ3v) is 5.36. The van der Waals surface area contributed by atoms with Gasteiger partial charge >= 0.3 is 0 Å². The first kappa shape index (κ1) is 15.3. The zero-order chi connectivity index (χ0) is 13.8. The van der Waals surface area contributed by atoms with Crippen LogP contribution in [-0.4, -0.2) is 33.0 Å². The molecule has 0 spiro atoms. The van der Waals surface area contributed by atoms with E-state index in [1.807, 2.05) is 20.1 Å². The minimum atomic E-state index is -3.42. The van der Waals surface area contributed by atoms with Crippen molar-refractivity contribution in [2.75, 3.05) is 25.2 Å². The fraction of sp³-hybridized carbons (Fsp3) is 0.500. The number of thioether (sulfide) groups is 1. The summed E-state index contributed by atoms with van der Waals surface area (Å²) >= 11 is 1.63. The van der Waals surface area contributed by atoms with Gasteiger partial charge in [0, 0.05) is 24.0 Å². The van der Waals surface area contributed by atoms with Gasteiger partial charge in [0.15, 0.2) is 0 Å². The molecule has 0 amide bonds. The summed E-state index contributed by atoms with van der Waals surface area (Å²) in [6.45, 7) is 4.42. The van der Waals surface area contributed by atoms with Crippen molar-refractivity contribution in [2.45, 2.75) is 23.5 Å².